The van der Waals surface area contributed by atoms with E-state index in [4.69, 9.17) is 14.7 Å². The van der Waals surface area contributed by atoms with E-state index >= 15 is 0 Å². The minimum Gasteiger partial charge on any atom is -0.481 e. The van der Waals surface area contributed by atoms with Crippen molar-refractivity contribution in [3.63, 3.8) is 0 Å². The summed E-state index contributed by atoms with van der Waals surface area (Å²) in [6.45, 7) is 5.92. The third kappa shape index (κ3) is 7.62. The number of nitrogens with zero attached hydrogens (tertiary/aromatic N) is 4. The van der Waals surface area contributed by atoms with Crippen LogP contribution in [0.25, 0.3) is 10.6 Å². The molecule has 2 fully saturated rings. The molecule has 1 N–H and O–H groups in total. The van der Waals surface area contributed by atoms with Gasteiger partial charge in [0.05, 0.1) is 34.9 Å². The van der Waals surface area contributed by atoms with Gasteiger partial charge in [-0.05, 0) is 105 Å². The summed E-state index contributed by atoms with van der Waals surface area (Å²) in [6.07, 6.45) is -1.03. The van der Waals surface area contributed by atoms with Crippen molar-refractivity contribution < 1.29 is 37.0 Å². The van der Waals surface area contributed by atoms with Crippen LogP contribution in [0, 0.1) is 18.8 Å². The smallest absolute Gasteiger partial charge is 0.416 e. The third-order valence-corrected chi connectivity index (χ3v) is 10.0. The van der Waals surface area contributed by atoms with Crippen molar-refractivity contribution in [2.75, 3.05) is 18.0 Å². The zero-order valence-corrected chi connectivity index (χ0v) is 26.8. The molecule has 5 rings (SSSR count). The average Bonchev–Trinajstić information content (AvgIpc) is 3.58. The maximum absolute atomic E-state index is 13.6. The van der Waals surface area contributed by atoms with Gasteiger partial charge in [-0.2, -0.15) is 13.2 Å². The Labute approximate surface area is 269 Å². The van der Waals surface area contributed by atoms with Gasteiger partial charge < -0.3 is 14.7 Å². The van der Waals surface area contributed by atoms with E-state index in [9.17, 15) is 32.3 Å². The van der Waals surface area contributed by atoms with Crippen LogP contribution in [-0.4, -0.2) is 51.2 Å². The first-order valence-corrected chi connectivity index (χ1v) is 16.4. The molecule has 3 aromatic rings. The minimum atomic E-state index is -4.68. The lowest BCUT2D eigenvalue weighted by Gasteiger charge is -2.33. The number of aliphatic carboxylic acids is 1. The number of hydrogen-bond acceptors (Lipinski definition) is 7. The molecule has 3 heterocycles. The van der Waals surface area contributed by atoms with Gasteiger partial charge in [0.15, 0.2) is 5.82 Å². The SMILES string of the molecule is CCN(C[C@H]1CC[C@H](CC(=O)O)CC1)c1ncc(-c2cc(C)cs2)nc1CN1C(=O)OC(c2cc(CF)cc(C(F)(F)F)c2)[C@@H]1C. The summed E-state index contributed by atoms with van der Waals surface area (Å²) in [6, 6.07) is 4.31. The zero-order chi connectivity index (χ0) is 33.2. The van der Waals surface area contributed by atoms with Crippen LogP contribution in [0.4, 0.5) is 28.2 Å². The standard InChI is InChI=1S/C33H38F4N4O4S/c1-4-40(16-22-7-5-21(6-8-22)12-29(42)43)31-27(39-26(15-38-31)28-9-19(2)18-46-28)17-41-20(3)30(45-32(41)44)24-10-23(14-34)11-25(13-24)33(35,36)37/h9-11,13,15,18,20-22,30H,4-8,12,14,16-17H2,1-3H3,(H,42,43)/t20-,21-,22-,30?/m0/s1. The van der Waals surface area contributed by atoms with Crippen molar-refractivity contribution in [2.24, 2.45) is 11.8 Å². The Morgan fingerprint density at radius 2 is 1.87 bits per heavy atom. The zero-order valence-electron chi connectivity index (χ0n) is 26.0. The molecule has 0 bridgehead atoms. The molecule has 2 aliphatic rings. The maximum atomic E-state index is 13.6. The monoisotopic (exact) mass is 662 g/mol. The van der Waals surface area contributed by atoms with Crippen molar-refractivity contribution in [3.05, 3.63) is 63.8 Å². The number of alkyl halides is 4. The van der Waals surface area contributed by atoms with E-state index in [0.29, 0.717) is 36.2 Å². The topological polar surface area (TPSA) is 95.9 Å². The number of thiophene rings is 1. The number of carbonyl (C=O) groups is 2. The third-order valence-electron chi connectivity index (χ3n) is 8.93. The number of ether oxygens (including phenoxy) is 1. The first-order chi connectivity index (χ1) is 21.9. The van der Waals surface area contributed by atoms with E-state index in [1.165, 1.54) is 22.3 Å². The Hall–Kier alpha value is -3.74. The van der Waals surface area contributed by atoms with Gasteiger partial charge in [0.1, 0.15) is 18.5 Å². The highest BCUT2D eigenvalue weighted by Gasteiger charge is 2.42. The number of rotatable bonds is 11. The van der Waals surface area contributed by atoms with Gasteiger partial charge in [0.2, 0.25) is 0 Å². The molecule has 8 nitrogen and oxygen atoms in total. The van der Waals surface area contributed by atoms with E-state index in [-0.39, 0.29) is 30.0 Å². The number of carbonyl (C=O) groups excluding carboxylic acids is 1. The Morgan fingerprint density at radius 3 is 2.48 bits per heavy atom. The van der Waals surface area contributed by atoms with Crippen LogP contribution in [-0.2, 0) is 28.9 Å². The summed E-state index contributed by atoms with van der Waals surface area (Å²) in [5.41, 5.74) is 1.19. The highest BCUT2D eigenvalue weighted by Crippen LogP contribution is 2.39. The second kappa shape index (κ2) is 13.9. The summed E-state index contributed by atoms with van der Waals surface area (Å²) < 4.78 is 59.9. The van der Waals surface area contributed by atoms with Crippen molar-refractivity contribution in [1.82, 2.24) is 14.9 Å². The van der Waals surface area contributed by atoms with Crippen molar-refractivity contribution in [3.8, 4) is 10.6 Å². The quantitative estimate of drug-likeness (QED) is 0.207. The molecule has 248 valence electrons. The first kappa shape index (κ1) is 33.6. The summed E-state index contributed by atoms with van der Waals surface area (Å²) >= 11 is 1.53. The molecule has 2 atom stereocenters. The van der Waals surface area contributed by atoms with Crippen LogP contribution >= 0.6 is 11.3 Å². The predicted octanol–water partition coefficient (Wildman–Crippen LogP) is 8.19. The number of halogens is 4. The van der Waals surface area contributed by atoms with Gasteiger partial charge >= 0.3 is 18.2 Å². The van der Waals surface area contributed by atoms with Crippen LogP contribution in [0.2, 0.25) is 0 Å². The number of carboxylic acid groups (broad SMARTS) is 1. The molecule has 2 aromatic heterocycles. The number of aromatic nitrogens is 2. The molecule has 1 saturated carbocycles. The fourth-order valence-electron chi connectivity index (χ4n) is 6.46. The van der Waals surface area contributed by atoms with Crippen LogP contribution in [0.3, 0.4) is 0 Å². The highest BCUT2D eigenvalue weighted by atomic mass is 32.1. The first-order valence-electron chi connectivity index (χ1n) is 15.5. The Kier molecular flexibility index (Phi) is 10.2. The summed E-state index contributed by atoms with van der Waals surface area (Å²) in [4.78, 5) is 38.7. The van der Waals surface area contributed by atoms with Gasteiger partial charge in [-0.25, -0.2) is 19.2 Å². The lowest BCUT2D eigenvalue weighted by Crippen LogP contribution is -2.36. The second-order valence-corrected chi connectivity index (χ2v) is 13.2. The van der Waals surface area contributed by atoms with Crippen molar-refractivity contribution in [1.29, 1.82) is 0 Å². The van der Waals surface area contributed by atoms with Crippen LogP contribution in [0.5, 0.6) is 0 Å². The fraction of sp³-hybridized carbons (Fsp3) is 0.515. The number of benzene rings is 1. The minimum absolute atomic E-state index is 0.00775. The van der Waals surface area contributed by atoms with Gasteiger partial charge in [-0.1, -0.05) is 0 Å². The number of cyclic esters (lactones) is 1. The van der Waals surface area contributed by atoms with E-state index in [0.717, 1.165) is 48.3 Å². The number of hydrogen-bond donors (Lipinski definition) is 1. The molecular weight excluding hydrogens is 624 g/mol. The molecule has 0 radical (unpaired) electrons. The number of amides is 1. The molecule has 1 amide bonds. The van der Waals surface area contributed by atoms with Gasteiger partial charge in [0.25, 0.3) is 0 Å². The van der Waals surface area contributed by atoms with Crippen LogP contribution in [0.15, 0.2) is 35.8 Å². The normalized spacial score (nSPS) is 21.8. The molecule has 0 spiro atoms. The molecule has 1 saturated heterocycles. The number of anilines is 1. The molecule has 1 unspecified atom stereocenters. The summed E-state index contributed by atoms with van der Waals surface area (Å²) in [7, 11) is 0. The van der Waals surface area contributed by atoms with Crippen LogP contribution < -0.4 is 4.90 Å². The predicted molar refractivity (Wildman–Crippen MR) is 166 cm³/mol. The molecule has 1 aromatic carbocycles. The Balaban J connectivity index is 1.42. The highest BCUT2D eigenvalue weighted by molar-refractivity contribution is 7.13. The van der Waals surface area contributed by atoms with Crippen LogP contribution in [0.1, 0.15) is 80.0 Å². The van der Waals surface area contributed by atoms with E-state index in [2.05, 4.69) is 4.90 Å². The summed E-state index contributed by atoms with van der Waals surface area (Å²) in [5.74, 6) is 0.355. The lowest BCUT2D eigenvalue weighted by atomic mass is 9.80. The van der Waals surface area contributed by atoms with E-state index < -0.39 is 42.6 Å². The average molecular weight is 663 g/mol. The Bertz CT molecular complexity index is 1560. The molecular formula is C33H38F4N4O4S. The van der Waals surface area contributed by atoms with Gasteiger partial charge in [-0.15, -0.1) is 11.3 Å². The summed E-state index contributed by atoms with van der Waals surface area (Å²) in [5, 5.41) is 11.2. The Morgan fingerprint density at radius 1 is 1.15 bits per heavy atom. The van der Waals surface area contributed by atoms with Gasteiger partial charge in [0, 0.05) is 19.5 Å². The molecule has 1 aliphatic heterocycles. The van der Waals surface area contributed by atoms with E-state index in [1.807, 2.05) is 25.3 Å². The molecule has 13 heteroatoms. The number of aryl methyl sites for hydroxylation is 1. The van der Waals surface area contributed by atoms with Gasteiger partial charge in [-0.3, -0.25) is 9.69 Å². The lowest BCUT2D eigenvalue weighted by molar-refractivity contribution is -0.139. The fourth-order valence-corrected chi connectivity index (χ4v) is 7.32. The molecule has 46 heavy (non-hydrogen) atoms. The second-order valence-electron chi connectivity index (χ2n) is 12.3. The molecule has 1 aliphatic carbocycles. The van der Waals surface area contributed by atoms with E-state index in [1.54, 1.807) is 13.1 Å². The largest absolute Gasteiger partial charge is 0.481 e. The van der Waals surface area contributed by atoms with Crippen molar-refractivity contribution in [2.45, 2.75) is 84.4 Å². The van der Waals surface area contributed by atoms with Crippen molar-refractivity contribution >= 4 is 29.2 Å². The maximum Gasteiger partial charge on any atom is 0.416 e. The number of carboxylic acids is 1.